The topological polar surface area (TPSA) is 102 Å². The molecule has 0 atom stereocenters. The Bertz CT molecular complexity index is 794. The number of aromatic nitrogens is 1. The zero-order valence-corrected chi connectivity index (χ0v) is 11.6. The van der Waals surface area contributed by atoms with Crippen LogP contribution in [-0.2, 0) is 10.0 Å². The Kier molecular flexibility index (Phi) is 3.85. The summed E-state index contributed by atoms with van der Waals surface area (Å²) < 4.78 is 40.1. The predicted octanol–water partition coefficient (Wildman–Crippen LogP) is 2.24. The second-order valence-corrected chi connectivity index (χ2v) is 5.82. The fourth-order valence-corrected chi connectivity index (χ4v) is 3.01. The van der Waals surface area contributed by atoms with E-state index < -0.39 is 26.5 Å². The van der Waals surface area contributed by atoms with E-state index in [0.29, 0.717) is 6.07 Å². The molecule has 9 heteroatoms. The normalized spacial score (nSPS) is 11.1. The molecule has 0 bridgehead atoms. The van der Waals surface area contributed by atoms with Crippen molar-refractivity contribution in [2.75, 3.05) is 4.72 Å². The molecule has 1 aromatic heterocycles. The number of nitrogens with zero attached hydrogens (tertiary/aromatic N) is 2. The second kappa shape index (κ2) is 5.44. The molecule has 0 amide bonds. The van der Waals surface area contributed by atoms with Gasteiger partial charge in [0.25, 0.3) is 10.0 Å². The van der Waals surface area contributed by atoms with Gasteiger partial charge in [-0.15, -0.1) is 0 Å². The Morgan fingerprint density at radius 1 is 1.29 bits per heavy atom. The summed E-state index contributed by atoms with van der Waals surface area (Å²) in [5.74, 6) is -1.08. The van der Waals surface area contributed by atoms with Crippen molar-refractivity contribution in [3.63, 3.8) is 0 Å². The zero-order chi connectivity index (χ0) is 15.6. The zero-order valence-electron chi connectivity index (χ0n) is 10.8. The molecule has 0 spiro atoms. The second-order valence-electron chi connectivity index (χ2n) is 4.17. The Morgan fingerprint density at radius 3 is 2.48 bits per heavy atom. The molecule has 110 valence electrons. The molecule has 21 heavy (non-hydrogen) atoms. The van der Waals surface area contributed by atoms with Gasteiger partial charge >= 0.3 is 5.69 Å². The minimum absolute atomic E-state index is 0.0691. The van der Waals surface area contributed by atoms with Gasteiger partial charge in [0.05, 0.1) is 15.5 Å². The SMILES string of the molecule is Cc1cc(F)c([N+](=O)[O-])cc1S(=O)(=O)Nc1ccncc1. The van der Waals surface area contributed by atoms with E-state index in [0.717, 1.165) is 6.07 Å². The number of anilines is 1. The summed E-state index contributed by atoms with van der Waals surface area (Å²) >= 11 is 0. The Labute approximate surface area is 119 Å². The third-order valence-corrected chi connectivity index (χ3v) is 4.19. The van der Waals surface area contributed by atoms with Crippen molar-refractivity contribution in [1.29, 1.82) is 0 Å². The van der Waals surface area contributed by atoms with Crippen LogP contribution < -0.4 is 4.72 Å². The molecule has 2 aromatic rings. The number of sulfonamides is 1. The van der Waals surface area contributed by atoms with Crippen LogP contribution in [0.3, 0.4) is 0 Å². The van der Waals surface area contributed by atoms with Crippen LogP contribution >= 0.6 is 0 Å². The minimum Gasteiger partial charge on any atom is -0.280 e. The van der Waals surface area contributed by atoms with Gasteiger partial charge in [-0.2, -0.15) is 4.39 Å². The lowest BCUT2D eigenvalue weighted by atomic mass is 10.2. The highest BCUT2D eigenvalue weighted by atomic mass is 32.2. The largest absolute Gasteiger partial charge is 0.306 e. The first-order chi connectivity index (χ1) is 9.81. The van der Waals surface area contributed by atoms with Crippen LogP contribution in [0.25, 0.3) is 0 Å². The van der Waals surface area contributed by atoms with Crippen molar-refractivity contribution >= 4 is 21.4 Å². The van der Waals surface area contributed by atoms with E-state index in [-0.39, 0.29) is 16.1 Å². The van der Waals surface area contributed by atoms with Gasteiger partial charge in [0.2, 0.25) is 5.82 Å². The van der Waals surface area contributed by atoms with Gasteiger partial charge in [-0.1, -0.05) is 0 Å². The summed E-state index contributed by atoms with van der Waals surface area (Å²) in [7, 11) is -4.07. The summed E-state index contributed by atoms with van der Waals surface area (Å²) in [6.07, 6.45) is 2.77. The van der Waals surface area contributed by atoms with Gasteiger partial charge in [0.15, 0.2) is 0 Å². The van der Waals surface area contributed by atoms with Crippen molar-refractivity contribution in [2.24, 2.45) is 0 Å². The summed E-state index contributed by atoms with van der Waals surface area (Å²) in [4.78, 5) is 13.1. The molecule has 0 saturated heterocycles. The first-order valence-electron chi connectivity index (χ1n) is 5.68. The lowest BCUT2D eigenvalue weighted by Gasteiger charge is -2.10. The molecule has 0 saturated carbocycles. The Morgan fingerprint density at radius 2 is 1.90 bits per heavy atom. The van der Waals surface area contributed by atoms with Gasteiger partial charge in [-0.25, -0.2) is 8.42 Å². The summed E-state index contributed by atoms with van der Waals surface area (Å²) in [5.41, 5.74) is -0.577. The fourth-order valence-electron chi connectivity index (χ4n) is 1.70. The highest BCUT2D eigenvalue weighted by Crippen LogP contribution is 2.26. The number of halogens is 1. The van der Waals surface area contributed by atoms with E-state index in [9.17, 15) is 22.9 Å². The lowest BCUT2D eigenvalue weighted by molar-refractivity contribution is -0.387. The minimum atomic E-state index is -4.07. The first-order valence-corrected chi connectivity index (χ1v) is 7.17. The van der Waals surface area contributed by atoms with Crippen molar-refractivity contribution in [3.8, 4) is 0 Å². The number of rotatable bonds is 4. The molecular weight excluding hydrogens is 301 g/mol. The summed E-state index contributed by atoms with van der Waals surface area (Å²) in [6, 6.07) is 4.36. The molecular formula is C12H10FN3O4S. The molecule has 0 aliphatic carbocycles. The van der Waals surface area contributed by atoms with Crippen LogP contribution in [0.15, 0.2) is 41.6 Å². The molecule has 7 nitrogen and oxygen atoms in total. The maximum atomic E-state index is 13.4. The van der Waals surface area contributed by atoms with E-state index >= 15 is 0 Å². The van der Waals surface area contributed by atoms with E-state index in [1.54, 1.807) is 0 Å². The van der Waals surface area contributed by atoms with Gasteiger partial charge in [0, 0.05) is 18.5 Å². The average Bonchev–Trinajstić information content (AvgIpc) is 2.38. The third kappa shape index (κ3) is 3.14. The van der Waals surface area contributed by atoms with E-state index in [1.165, 1.54) is 31.5 Å². The summed E-state index contributed by atoms with van der Waals surface area (Å²) in [6.45, 7) is 1.36. The number of nitro groups is 1. The van der Waals surface area contributed by atoms with Crippen LogP contribution in [0, 0.1) is 22.9 Å². The van der Waals surface area contributed by atoms with Crippen LogP contribution in [0.5, 0.6) is 0 Å². The molecule has 0 fully saturated rings. The first kappa shape index (κ1) is 14.9. The smallest absolute Gasteiger partial charge is 0.280 e. The van der Waals surface area contributed by atoms with Crippen LogP contribution in [0.2, 0.25) is 0 Å². The number of hydrogen-bond donors (Lipinski definition) is 1. The number of nitrogens with one attached hydrogen (secondary N) is 1. The van der Waals surface area contributed by atoms with E-state index in [2.05, 4.69) is 9.71 Å². The van der Waals surface area contributed by atoms with Gasteiger partial charge in [-0.05, 0) is 30.7 Å². The van der Waals surface area contributed by atoms with Gasteiger partial charge in [-0.3, -0.25) is 19.8 Å². The van der Waals surface area contributed by atoms with Crippen molar-refractivity contribution in [2.45, 2.75) is 11.8 Å². The molecule has 2 rings (SSSR count). The number of hydrogen-bond acceptors (Lipinski definition) is 5. The Hall–Kier alpha value is -2.55. The number of nitro benzene ring substituents is 1. The quantitative estimate of drug-likeness (QED) is 0.689. The summed E-state index contributed by atoms with van der Waals surface area (Å²) in [5, 5.41) is 10.7. The predicted molar refractivity (Wildman–Crippen MR) is 72.8 cm³/mol. The maximum absolute atomic E-state index is 13.4. The number of pyridine rings is 1. The monoisotopic (exact) mass is 311 g/mol. The third-order valence-electron chi connectivity index (χ3n) is 2.66. The van der Waals surface area contributed by atoms with Crippen molar-refractivity contribution in [1.82, 2.24) is 4.98 Å². The molecule has 0 radical (unpaired) electrons. The fraction of sp³-hybridized carbons (Fsp3) is 0.0833. The molecule has 0 unspecified atom stereocenters. The Balaban J connectivity index is 2.50. The molecule has 0 aliphatic rings. The van der Waals surface area contributed by atoms with Crippen LogP contribution in [-0.4, -0.2) is 18.3 Å². The molecule has 1 aromatic carbocycles. The van der Waals surface area contributed by atoms with Gasteiger partial charge < -0.3 is 0 Å². The van der Waals surface area contributed by atoms with E-state index in [1.807, 2.05) is 0 Å². The molecule has 0 aliphatic heterocycles. The number of benzene rings is 1. The highest BCUT2D eigenvalue weighted by molar-refractivity contribution is 7.92. The van der Waals surface area contributed by atoms with Gasteiger partial charge in [0.1, 0.15) is 0 Å². The van der Waals surface area contributed by atoms with Crippen molar-refractivity contribution < 1.29 is 17.7 Å². The van der Waals surface area contributed by atoms with Crippen LogP contribution in [0.4, 0.5) is 15.8 Å². The van der Waals surface area contributed by atoms with E-state index in [4.69, 9.17) is 0 Å². The molecule has 1 N–H and O–H groups in total. The maximum Gasteiger partial charge on any atom is 0.306 e. The van der Waals surface area contributed by atoms with Crippen LogP contribution in [0.1, 0.15) is 5.56 Å². The average molecular weight is 311 g/mol. The number of aryl methyl sites for hydroxylation is 1. The molecule has 1 heterocycles. The highest BCUT2D eigenvalue weighted by Gasteiger charge is 2.24. The standard InChI is InChI=1S/C12H10FN3O4S/c1-8-6-10(13)11(16(17)18)7-12(8)21(19,20)15-9-2-4-14-5-3-9/h2-7H,1H3,(H,14,15). The lowest BCUT2D eigenvalue weighted by Crippen LogP contribution is -2.15. The van der Waals surface area contributed by atoms with Crippen molar-refractivity contribution in [3.05, 3.63) is 58.2 Å².